The van der Waals surface area contributed by atoms with E-state index in [1.54, 1.807) is 11.3 Å². The second-order valence-corrected chi connectivity index (χ2v) is 5.59. The van der Waals surface area contributed by atoms with E-state index in [9.17, 15) is 0 Å². The summed E-state index contributed by atoms with van der Waals surface area (Å²) in [7, 11) is 0. The van der Waals surface area contributed by atoms with Crippen molar-refractivity contribution in [3.05, 3.63) is 23.2 Å². The zero-order valence-electron chi connectivity index (χ0n) is 10.3. The molecule has 2 aromatic rings. The molecule has 0 radical (unpaired) electrons. The molecule has 92 valence electrons. The Morgan fingerprint density at radius 3 is 2.94 bits per heavy atom. The van der Waals surface area contributed by atoms with Crippen LogP contribution >= 0.6 is 11.3 Å². The minimum Gasteiger partial charge on any atom is -0.492 e. The van der Waals surface area contributed by atoms with Gasteiger partial charge in [-0.15, -0.1) is 11.3 Å². The Bertz CT molecular complexity index is 493. The van der Waals surface area contributed by atoms with E-state index in [0.29, 0.717) is 19.1 Å². The second-order valence-electron chi connectivity index (χ2n) is 4.47. The van der Waals surface area contributed by atoms with Crippen molar-refractivity contribution in [1.82, 2.24) is 4.98 Å². The number of rotatable bonds is 5. The first-order valence-electron chi connectivity index (χ1n) is 5.91. The monoisotopic (exact) mass is 250 g/mol. The first-order chi connectivity index (χ1) is 8.19. The standard InChI is InChI=1S/C13H18N2OS/c1-9(2)7-13-15-11-4-3-10(16-6-5-14)8-12(11)17-13/h3-4,8-9H,5-7,14H2,1-2H3. The molecule has 0 unspecified atom stereocenters. The predicted octanol–water partition coefficient (Wildman–Crippen LogP) is 2.83. The van der Waals surface area contributed by atoms with Crippen LogP contribution in [0.5, 0.6) is 5.75 Å². The Balaban J connectivity index is 2.21. The number of benzene rings is 1. The van der Waals surface area contributed by atoms with Gasteiger partial charge in [-0.3, -0.25) is 0 Å². The van der Waals surface area contributed by atoms with E-state index >= 15 is 0 Å². The number of hydrogen-bond acceptors (Lipinski definition) is 4. The number of ether oxygens (including phenoxy) is 1. The van der Waals surface area contributed by atoms with Gasteiger partial charge < -0.3 is 10.5 Å². The molecule has 1 aromatic heterocycles. The SMILES string of the molecule is CC(C)Cc1nc2ccc(OCCN)cc2s1. The Labute approximate surface area is 106 Å². The maximum Gasteiger partial charge on any atom is 0.120 e. The molecule has 0 aliphatic carbocycles. The van der Waals surface area contributed by atoms with E-state index in [1.807, 2.05) is 18.2 Å². The van der Waals surface area contributed by atoms with Crippen molar-refractivity contribution < 1.29 is 4.74 Å². The molecule has 0 atom stereocenters. The van der Waals surface area contributed by atoms with Crippen LogP contribution in [0.3, 0.4) is 0 Å². The highest BCUT2D eigenvalue weighted by molar-refractivity contribution is 7.18. The highest BCUT2D eigenvalue weighted by Crippen LogP contribution is 2.27. The van der Waals surface area contributed by atoms with Crippen molar-refractivity contribution in [2.75, 3.05) is 13.2 Å². The van der Waals surface area contributed by atoms with Gasteiger partial charge in [0.2, 0.25) is 0 Å². The molecule has 1 heterocycles. The van der Waals surface area contributed by atoms with Crippen LogP contribution in [0.4, 0.5) is 0 Å². The minimum atomic E-state index is 0.541. The Morgan fingerprint density at radius 2 is 2.24 bits per heavy atom. The molecule has 0 aliphatic rings. The lowest BCUT2D eigenvalue weighted by atomic mass is 10.1. The smallest absolute Gasteiger partial charge is 0.120 e. The van der Waals surface area contributed by atoms with E-state index in [4.69, 9.17) is 10.5 Å². The van der Waals surface area contributed by atoms with Crippen LogP contribution in [-0.4, -0.2) is 18.1 Å². The summed E-state index contributed by atoms with van der Waals surface area (Å²) in [5, 5.41) is 1.20. The fourth-order valence-corrected chi connectivity index (χ4v) is 2.86. The topological polar surface area (TPSA) is 48.1 Å². The molecule has 4 heteroatoms. The van der Waals surface area contributed by atoms with E-state index in [1.165, 1.54) is 9.71 Å². The summed E-state index contributed by atoms with van der Waals surface area (Å²) >= 11 is 1.75. The molecule has 0 spiro atoms. The van der Waals surface area contributed by atoms with Crippen molar-refractivity contribution in [2.24, 2.45) is 11.7 Å². The van der Waals surface area contributed by atoms with Crippen molar-refractivity contribution in [2.45, 2.75) is 20.3 Å². The van der Waals surface area contributed by atoms with Crippen LogP contribution in [0.1, 0.15) is 18.9 Å². The van der Waals surface area contributed by atoms with Crippen molar-refractivity contribution >= 4 is 21.6 Å². The third-order valence-electron chi connectivity index (χ3n) is 2.37. The third-order valence-corrected chi connectivity index (χ3v) is 3.41. The van der Waals surface area contributed by atoms with Crippen LogP contribution in [0.15, 0.2) is 18.2 Å². The zero-order valence-corrected chi connectivity index (χ0v) is 11.1. The summed E-state index contributed by atoms with van der Waals surface area (Å²) in [6.07, 6.45) is 1.04. The summed E-state index contributed by atoms with van der Waals surface area (Å²) in [6.45, 7) is 5.52. The van der Waals surface area contributed by atoms with Gasteiger partial charge in [-0.25, -0.2) is 4.98 Å². The normalized spacial score (nSPS) is 11.3. The number of aromatic nitrogens is 1. The molecular weight excluding hydrogens is 232 g/mol. The Kier molecular flexibility index (Phi) is 3.97. The van der Waals surface area contributed by atoms with Gasteiger partial charge in [-0.2, -0.15) is 0 Å². The summed E-state index contributed by atoms with van der Waals surface area (Å²) < 4.78 is 6.70. The van der Waals surface area contributed by atoms with Gasteiger partial charge in [0.05, 0.1) is 15.2 Å². The van der Waals surface area contributed by atoms with Gasteiger partial charge >= 0.3 is 0 Å². The van der Waals surface area contributed by atoms with E-state index in [0.717, 1.165) is 17.7 Å². The highest BCUT2D eigenvalue weighted by Gasteiger charge is 2.06. The van der Waals surface area contributed by atoms with E-state index < -0.39 is 0 Å². The Hall–Kier alpha value is -1.13. The summed E-state index contributed by atoms with van der Waals surface area (Å²) in [4.78, 5) is 4.61. The van der Waals surface area contributed by atoms with Crippen LogP contribution in [0, 0.1) is 5.92 Å². The Morgan fingerprint density at radius 1 is 1.41 bits per heavy atom. The maximum atomic E-state index is 5.51. The van der Waals surface area contributed by atoms with Crippen molar-refractivity contribution in [1.29, 1.82) is 0 Å². The van der Waals surface area contributed by atoms with Crippen LogP contribution in [0.25, 0.3) is 10.2 Å². The lowest BCUT2D eigenvalue weighted by Gasteiger charge is -2.02. The number of fused-ring (bicyclic) bond motifs is 1. The molecule has 0 bridgehead atoms. The molecule has 0 aliphatic heterocycles. The molecule has 0 fully saturated rings. The maximum absolute atomic E-state index is 5.51. The average molecular weight is 250 g/mol. The van der Waals surface area contributed by atoms with Gasteiger partial charge in [0.1, 0.15) is 12.4 Å². The molecule has 0 saturated carbocycles. The van der Waals surface area contributed by atoms with Crippen molar-refractivity contribution in [3.8, 4) is 5.75 Å². The van der Waals surface area contributed by atoms with Gasteiger partial charge in [-0.05, 0) is 24.1 Å². The quantitative estimate of drug-likeness (QED) is 0.887. The van der Waals surface area contributed by atoms with E-state index in [2.05, 4.69) is 18.8 Å². The second kappa shape index (κ2) is 5.47. The summed E-state index contributed by atoms with van der Waals surface area (Å²) in [6, 6.07) is 6.02. The average Bonchev–Trinajstić information content (AvgIpc) is 2.66. The van der Waals surface area contributed by atoms with Gasteiger partial charge in [0.15, 0.2) is 0 Å². The molecule has 2 N–H and O–H groups in total. The number of thiazole rings is 1. The van der Waals surface area contributed by atoms with Crippen LogP contribution in [0.2, 0.25) is 0 Å². The number of hydrogen-bond donors (Lipinski definition) is 1. The predicted molar refractivity (Wildman–Crippen MR) is 72.7 cm³/mol. The highest BCUT2D eigenvalue weighted by atomic mass is 32.1. The minimum absolute atomic E-state index is 0.541. The fourth-order valence-electron chi connectivity index (χ4n) is 1.66. The molecule has 17 heavy (non-hydrogen) atoms. The summed E-state index contributed by atoms with van der Waals surface area (Å²) in [5.74, 6) is 1.52. The number of nitrogens with two attached hydrogens (primary N) is 1. The van der Waals surface area contributed by atoms with Gasteiger partial charge in [0.25, 0.3) is 0 Å². The lowest BCUT2D eigenvalue weighted by Crippen LogP contribution is -2.10. The molecule has 3 nitrogen and oxygen atoms in total. The first-order valence-corrected chi connectivity index (χ1v) is 6.73. The fraction of sp³-hybridized carbons (Fsp3) is 0.462. The lowest BCUT2D eigenvalue weighted by molar-refractivity contribution is 0.329. The third kappa shape index (κ3) is 3.17. The summed E-state index contributed by atoms with van der Waals surface area (Å²) in [5.41, 5.74) is 6.47. The molecule has 1 aromatic carbocycles. The zero-order chi connectivity index (χ0) is 12.3. The van der Waals surface area contributed by atoms with Crippen molar-refractivity contribution in [3.63, 3.8) is 0 Å². The first kappa shape index (κ1) is 12.3. The van der Waals surface area contributed by atoms with Crippen LogP contribution < -0.4 is 10.5 Å². The largest absolute Gasteiger partial charge is 0.492 e. The number of nitrogens with zero attached hydrogens (tertiary/aromatic N) is 1. The van der Waals surface area contributed by atoms with Gasteiger partial charge in [-0.1, -0.05) is 13.8 Å². The molecule has 2 rings (SSSR count). The van der Waals surface area contributed by atoms with Gasteiger partial charge in [0, 0.05) is 13.0 Å². The molecular formula is C13H18N2OS. The van der Waals surface area contributed by atoms with Crippen LogP contribution in [-0.2, 0) is 6.42 Å². The van der Waals surface area contributed by atoms with E-state index in [-0.39, 0.29) is 0 Å². The molecule has 0 saturated heterocycles. The molecule has 0 amide bonds.